The van der Waals surface area contributed by atoms with Crippen molar-refractivity contribution in [2.45, 2.75) is 20.8 Å². The number of nitrogens with one attached hydrogen (secondary N) is 2. The molecule has 0 fully saturated rings. The van der Waals surface area contributed by atoms with Crippen molar-refractivity contribution in [3.63, 3.8) is 0 Å². The lowest BCUT2D eigenvalue weighted by molar-refractivity contribution is -0.114. The number of hydrogen-bond acceptors (Lipinski definition) is 4. The smallest absolute Gasteiger partial charge is 0.221 e. The Kier molecular flexibility index (Phi) is 4.94. The van der Waals surface area contributed by atoms with E-state index in [0.29, 0.717) is 5.02 Å². The Morgan fingerprint density at radius 3 is 2.45 bits per heavy atom. The quantitative estimate of drug-likeness (QED) is 0.479. The molecule has 0 aliphatic rings. The van der Waals surface area contributed by atoms with Gasteiger partial charge in [0, 0.05) is 46.2 Å². The Morgan fingerprint density at radius 1 is 1.03 bits per heavy atom. The van der Waals surface area contributed by atoms with Crippen molar-refractivity contribution in [3.05, 3.63) is 70.9 Å². The third-order valence-electron chi connectivity index (χ3n) is 4.52. The lowest BCUT2D eigenvalue weighted by atomic mass is 10.1. The van der Waals surface area contributed by atoms with Gasteiger partial charge in [0.2, 0.25) is 5.91 Å². The number of rotatable bonds is 4. The molecule has 29 heavy (non-hydrogen) atoms. The number of aryl methyl sites for hydroxylation is 2. The summed E-state index contributed by atoms with van der Waals surface area (Å²) in [6.07, 6.45) is 0. The molecule has 0 atom stereocenters. The van der Waals surface area contributed by atoms with Gasteiger partial charge in [-0.15, -0.1) is 0 Å². The minimum absolute atomic E-state index is 0.0993. The van der Waals surface area contributed by atoms with E-state index in [1.807, 2.05) is 68.4 Å². The molecule has 0 radical (unpaired) electrons. The number of fused-ring (bicyclic) bond motifs is 1. The number of aromatic nitrogens is 3. The topological polar surface area (TPSA) is 71.3 Å². The standard InChI is InChI=1S/C22H20ClN5O/c1-13-11-20(26-19-9-7-18(8-10-19)25-15(3)29)28-22(24-13)14(2)21(27-28)16-5-4-6-17(23)12-16/h4-12,26H,1-3H3,(H,25,29). The number of hydrogen-bond donors (Lipinski definition) is 2. The highest BCUT2D eigenvalue weighted by Crippen LogP contribution is 2.29. The lowest BCUT2D eigenvalue weighted by Gasteiger charge is -2.10. The molecule has 0 unspecified atom stereocenters. The molecule has 4 aromatic rings. The van der Waals surface area contributed by atoms with E-state index in [0.717, 1.165) is 45.4 Å². The Morgan fingerprint density at radius 2 is 1.76 bits per heavy atom. The second-order valence-corrected chi connectivity index (χ2v) is 7.32. The molecule has 7 heteroatoms. The highest BCUT2D eigenvalue weighted by molar-refractivity contribution is 6.30. The van der Waals surface area contributed by atoms with Gasteiger partial charge in [-0.05, 0) is 50.2 Å². The van der Waals surface area contributed by atoms with Crippen molar-refractivity contribution < 1.29 is 4.79 Å². The fourth-order valence-electron chi connectivity index (χ4n) is 3.23. The number of nitrogens with zero attached hydrogens (tertiary/aromatic N) is 3. The van der Waals surface area contributed by atoms with Crippen molar-refractivity contribution in [3.8, 4) is 11.3 Å². The van der Waals surface area contributed by atoms with Crippen LogP contribution in [-0.2, 0) is 4.79 Å². The number of benzene rings is 2. The van der Waals surface area contributed by atoms with E-state index < -0.39 is 0 Å². The Labute approximate surface area is 173 Å². The molecule has 0 saturated heterocycles. The van der Waals surface area contributed by atoms with E-state index in [2.05, 4.69) is 15.6 Å². The zero-order chi connectivity index (χ0) is 20.5. The Balaban J connectivity index is 1.75. The van der Waals surface area contributed by atoms with Gasteiger partial charge in [-0.2, -0.15) is 9.61 Å². The summed E-state index contributed by atoms with van der Waals surface area (Å²) >= 11 is 6.17. The largest absolute Gasteiger partial charge is 0.340 e. The molecule has 146 valence electrons. The van der Waals surface area contributed by atoms with E-state index in [4.69, 9.17) is 16.7 Å². The van der Waals surface area contributed by atoms with Gasteiger partial charge in [0.15, 0.2) is 5.65 Å². The molecule has 2 aromatic carbocycles. The van der Waals surface area contributed by atoms with Crippen molar-refractivity contribution in [2.75, 3.05) is 10.6 Å². The number of anilines is 3. The summed E-state index contributed by atoms with van der Waals surface area (Å²) < 4.78 is 1.81. The summed E-state index contributed by atoms with van der Waals surface area (Å²) in [4.78, 5) is 15.9. The van der Waals surface area contributed by atoms with Crippen molar-refractivity contribution in [2.24, 2.45) is 0 Å². The fourth-order valence-corrected chi connectivity index (χ4v) is 3.42. The lowest BCUT2D eigenvalue weighted by Crippen LogP contribution is -2.06. The SMILES string of the molecule is CC(=O)Nc1ccc(Nc2cc(C)nc3c(C)c(-c4cccc(Cl)c4)nn23)cc1. The van der Waals surface area contributed by atoms with Crippen LogP contribution < -0.4 is 10.6 Å². The van der Waals surface area contributed by atoms with Crippen LogP contribution in [0.3, 0.4) is 0 Å². The first-order valence-corrected chi connectivity index (χ1v) is 9.56. The van der Waals surface area contributed by atoms with Gasteiger partial charge in [0.05, 0.1) is 5.69 Å². The van der Waals surface area contributed by atoms with E-state index in [1.54, 1.807) is 4.52 Å². The van der Waals surface area contributed by atoms with Gasteiger partial charge < -0.3 is 10.6 Å². The van der Waals surface area contributed by atoms with E-state index in [9.17, 15) is 4.79 Å². The van der Waals surface area contributed by atoms with Gasteiger partial charge in [-0.25, -0.2) is 4.98 Å². The maximum absolute atomic E-state index is 11.2. The van der Waals surface area contributed by atoms with Crippen molar-refractivity contribution in [1.29, 1.82) is 0 Å². The third kappa shape index (κ3) is 3.93. The number of carbonyl (C=O) groups excluding carboxylic acids is 1. The van der Waals surface area contributed by atoms with E-state index in [-0.39, 0.29) is 5.91 Å². The normalized spacial score (nSPS) is 10.9. The van der Waals surface area contributed by atoms with Gasteiger partial charge >= 0.3 is 0 Å². The first kappa shape index (κ1) is 19.0. The summed E-state index contributed by atoms with van der Waals surface area (Å²) in [5, 5.41) is 11.6. The molecular weight excluding hydrogens is 386 g/mol. The van der Waals surface area contributed by atoms with Crippen molar-refractivity contribution >= 4 is 40.3 Å². The third-order valence-corrected chi connectivity index (χ3v) is 4.76. The average molecular weight is 406 g/mol. The van der Waals surface area contributed by atoms with Gasteiger partial charge in [0.25, 0.3) is 0 Å². The molecule has 0 aliphatic heterocycles. The molecule has 0 bridgehead atoms. The molecule has 0 aliphatic carbocycles. The van der Waals surface area contributed by atoms with Crippen LogP contribution >= 0.6 is 11.6 Å². The summed E-state index contributed by atoms with van der Waals surface area (Å²) in [6, 6.07) is 17.1. The van der Waals surface area contributed by atoms with Crippen LogP contribution in [0.25, 0.3) is 16.9 Å². The average Bonchev–Trinajstić information content (AvgIpc) is 3.00. The number of carbonyl (C=O) groups is 1. The number of halogens is 1. The molecule has 0 saturated carbocycles. The highest BCUT2D eigenvalue weighted by Gasteiger charge is 2.15. The van der Waals surface area contributed by atoms with E-state index >= 15 is 0 Å². The molecule has 2 N–H and O–H groups in total. The van der Waals surface area contributed by atoms with Crippen LogP contribution in [0.4, 0.5) is 17.2 Å². The minimum atomic E-state index is -0.0993. The van der Waals surface area contributed by atoms with Crippen LogP contribution in [0.2, 0.25) is 5.02 Å². The first-order chi connectivity index (χ1) is 13.9. The van der Waals surface area contributed by atoms with Crippen molar-refractivity contribution in [1.82, 2.24) is 14.6 Å². The van der Waals surface area contributed by atoms with E-state index in [1.165, 1.54) is 6.92 Å². The zero-order valence-corrected chi connectivity index (χ0v) is 17.1. The second kappa shape index (κ2) is 7.56. The molecular formula is C22H20ClN5O. The minimum Gasteiger partial charge on any atom is -0.340 e. The molecule has 1 amide bonds. The van der Waals surface area contributed by atoms with Gasteiger partial charge in [-0.3, -0.25) is 4.79 Å². The van der Waals surface area contributed by atoms with Crippen LogP contribution in [0.5, 0.6) is 0 Å². The summed E-state index contributed by atoms with van der Waals surface area (Å²) in [5.74, 6) is 0.703. The Hall–Kier alpha value is -3.38. The molecule has 4 rings (SSSR count). The highest BCUT2D eigenvalue weighted by atomic mass is 35.5. The molecule has 0 spiro atoms. The molecule has 2 aromatic heterocycles. The Bertz CT molecular complexity index is 1210. The molecule has 6 nitrogen and oxygen atoms in total. The second-order valence-electron chi connectivity index (χ2n) is 6.89. The summed E-state index contributed by atoms with van der Waals surface area (Å²) in [6.45, 7) is 5.45. The van der Waals surface area contributed by atoms with Gasteiger partial charge in [0.1, 0.15) is 5.82 Å². The maximum atomic E-state index is 11.2. The molecule has 2 heterocycles. The zero-order valence-electron chi connectivity index (χ0n) is 16.3. The monoisotopic (exact) mass is 405 g/mol. The van der Waals surface area contributed by atoms with Crippen LogP contribution in [-0.4, -0.2) is 20.5 Å². The first-order valence-electron chi connectivity index (χ1n) is 9.18. The van der Waals surface area contributed by atoms with Crippen LogP contribution in [0.15, 0.2) is 54.6 Å². The number of amides is 1. The van der Waals surface area contributed by atoms with Crippen LogP contribution in [0.1, 0.15) is 18.2 Å². The maximum Gasteiger partial charge on any atom is 0.221 e. The summed E-state index contributed by atoms with van der Waals surface area (Å²) in [7, 11) is 0. The summed E-state index contributed by atoms with van der Waals surface area (Å²) in [5.41, 5.74) is 6.08. The van der Waals surface area contributed by atoms with Crippen LogP contribution in [0, 0.1) is 13.8 Å². The fraction of sp³-hybridized carbons (Fsp3) is 0.136. The van der Waals surface area contributed by atoms with Gasteiger partial charge in [-0.1, -0.05) is 23.7 Å². The predicted octanol–water partition coefficient (Wildman–Crippen LogP) is 5.37. The predicted molar refractivity (Wildman–Crippen MR) is 117 cm³/mol.